The highest BCUT2D eigenvalue weighted by Crippen LogP contribution is 2.25. The van der Waals surface area contributed by atoms with E-state index in [0.29, 0.717) is 26.4 Å². The average Bonchev–Trinajstić information content (AvgIpc) is 3.13. The number of hydrogen-bond donors (Lipinski definition) is 0. The summed E-state index contributed by atoms with van der Waals surface area (Å²) in [5, 5.41) is 0. The van der Waals surface area contributed by atoms with Crippen molar-refractivity contribution in [3.63, 3.8) is 0 Å². The molecule has 1 rings (SSSR count). The van der Waals surface area contributed by atoms with Crippen molar-refractivity contribution in [1.29, 1.82) is 0 Å². The van der Waals surface area contributed by atoms with E-state index in [1.54, 1.807) is 0 Å². The van der Waals surface area contributed by atoms with Gasteiger partial charge in [0, 0.05) is 19.8 Å². The highest BCUT2D eigenvalue weighted by atomic mass is 28.4. The first-order chi connectivity index (χ1) is 9.09. The standard InChI is InChI=1S/C13H28O5Si/c1-6-16-19(17-7-2,18-8-3)13(11(4)5)15-10-12-9-14-12/h11-13H,6-10H2,1-5H3. The molecule has 2 atom stereocenters. The Kier molecular flexibility index (Phi) is 7.49. The van der Waals surface area contributed by atoms with Crippen LogP contribution in [0.1, 0.15) is 34.6 Å². The van der Waals surface area contributed by atoms with Crippen LogP contribution in [0.4, 0.5) is 0 Å². The second kappa shape index (κ2) is 8.34. The Morgan fingerprint density at radius 2 is 1.53 bits per heavy atom. The monoisotopic (exact) mass is 292 g/mol. The van der Waals surface area contributed by atoms with Crippen molar-refractivity contribution < 1.29 is 22.8 Å². The summed E-state index contributed by atoms with van der Waals surface area (Å²) in [4.78, 5) is 0. The fourth-order valence-electron chi connectivity index (χ4n) is 2.05. The molecule has 0 N–H and O–H groups in total. The normalized spacial score (nSPS) is 20.8. The van der Waals surface area contributed by atoms with Crippen LogP contribution in [0.25, 0.3) is 0 Å². The minimum absolute atomic E-state index is 0.142. The Hall–Kier alpha value is 0.0169. The minimum Gasteiger partial charge on any atom is -0.372 e. The summed E-state index contributed by atoms with van der Waals surface area (Å²) in [7, 11) is -2.80. The Morgan fingerprint density at radius 1 is 1.05 bits per heavy atom. The van der Waals surface area contributed by atoms with Crippen LogP contribution >= 0.6 is 0 Å². The van der Waals surface area contributed by atoms with E-state index in [2.05, 4.69) is 13.8 Å². The zero-order valence-corrected chi connectivity index (χ0v) is 13.8. The summed E-state index contributed by atoms with van der Waals surface area (Å²) in [5.41, 5.74) is -0.142. The average molecular weight is 292 g/mol. The molecule has 1 aliphatic rings. The third-order valence-electron chi connectivity index (χ3n) is 2.85. The van der Waals surface area contributed by atoms with Crippen LogP contribution < -0.4 is 0 Å². The number of rotatable bonds is 11. The quantitative estimate of drug-likeness (QED) is 0.431. The van der Waals surface area contributed by atoms with E-state index in [-0.39, 0.29) is 17.7 Å². The van der Waals surface area contributed by atoms with Gasteiger partial charge in [0.15, 0.2) is 0 Å². The Labute approximate surface area is 117 Å². The zero-order chi connectivity index (χ0) is 14.3. The molecule has 0 amide bonds. The Morgan fingerprint density at radius 3 is 1.84 bits per heavy atom. The molecule has 0 aromatic rings. The molecule has 1 fully saturated rings. The Bertz CT molecular complexity index is 228. The zero-order valence-electron chi connectivity index (χ0n) is 12.8. The largest absolute Gasteiger partial charge is 0.531 e. The summed E-state index contributed by atoms with van der Waals surface area (Å²) in [6, 6.07) is 0. The van der Waals surface area contributed by atoms with Crippen molar-refractivity contribution >= 4 is 8.80 Å². The maximum absolute atomic E-state index is 6.01. The molecule has 0 saturated carbocycles. The lowest BCUT2D eigenvalue weighted by Gasteiger charge is -2.36. The summed E-state index contributed by atoms with van der Waals surface area (Å²) in [6.07, 6.45) is 0.234. The van der Waals surface area contributed by atoms with Crippen LogP contribution in [-0.4, -0.2) is 53.7 Å². The molecule has 5 nitrogen and oxygen atoms in total. The number of hydrogen-bond acceptors (Lipinski definition) is 5. The smallest absolute Gasteiger partial charge is 0.372 e. The van der Waals surface area contributed by atoms with Gasteiger partial charge in [0.1, 0.15) is 11.8 Å². The van der Waals surface area contributed by atoms with Gasteiger partial charge in [-0.3, -0.25) is 0 Å². The fourth-order valence-corrected chi connectivity index (χ4v) is 5.12. The van der Waals surface area contributed by atoms with Gasteiger partial charge in [-0.1, -0.05) is 13.8 Å². The molecule has 1 saturated heterocycles. The SMILES string of the molecule is CCO[Si](OCC)(OCC)C(OCC1CO1)C(C)C. The maximum atomic E-state index is 6.01. The van der Waals surface area contributed by atoms with Crippen molar-refractivity contribution in [1.82, 2.24) is 0 Å². The topological polar surface area (TPSA) is 49.5 Å². The van der Waals surface area contributed by atoms with Crippen molar-refractivity contribution in [3.8, 4) is 0 Å². The van der Waals surface area contributed by atoms with Gasteiger partial charge in [0.05, 0.1) is 13.2 Å². The van der Waals surface area contributed by atoms with Gasteiger partial charge in [-0.2, -0.15) is 0 Å². The summed E-state index contributed by atoms with van der Waals surface area (Å²) in [5.74, 6) is 0.273. The Balaban J connectivity index is 2.77. The lowest BCUT2D eigenvalue weighted by atomic mass is 10.2. The second-order valence-electron chi connectivity index (χ2n) is 4.86. The highest BCUT2D eigenvalue weighted by molar-refractivity contribution is 6.62. The number of ether oxygens (including phenoxy) is 2. The predicted molar refractivity (Wildman–Crippen MR) is 75.0 cm³/mol. The molecule has 114 valence electrons. The van der Waals surface area contributed by atoms with E-state index < -0.39 is 8.80 Å². The van der Waals surface area contributed by atoms with Gasteiger partial charge >= 0.3 is 8.80 Å². The van der Waals surface area contributed by atoms with Crippen molar-refractivity contribution in [2.75, 3.05) is 33.0 Å². The van der Waals surface area contributed by atoms with Crippen molar-refractivity contribution in [2.45, 2.75) is 46.4 Å². The first kappa shape index (κ1) is 17.1. The molecular weight excluding hydrogens is 264 g/mol. The minimum atomic E-state index is -2.80. The lowest BCUT2D eigenvalue weighted by Crippen LogP contribution is -2.59. The molecule has 0 aromatic carbocycles. The second-order valence-corrected chi connectivity index (χ2v) is 7.50. The van der Waals surface area contributed by atoms with Crippen LogP contribution in [0, 0.1) is 5.92 Å². The summed E-state index contributed by atoms with van der Waals surface area (Å²) in [6.45, 7) is 13.2. The lowest BCUT2D eigenvalue weighted by molar-refractivity contribution is -0.0298. The van der Waals surface area contributed by atoms with E-state index in [9.17, 15) is 0 Å². The van der Waals surface area contributed by atoms with Gasteiger partial charge in [-0.05, 0) is 26.7 Å². The predicted octanol–water partition coefficient (Wildman–Crippen LogP) is 2.01. The van der Waals surface area contributed by atoms with Gasteiger partial charge in [0.2, 0.25) is 0 Å². The third kappa shape index (κ3) is 5.13. The fraction of sp³-hybridized carbons (Fsp3) is 1.00. The van der Waals surface area contributed by atoms with E-state index in [1.165, 1.54) is 0 Å². The first-order valence-electron chi connectivity index (χ1n) is 7.24. The molecule has 0 radical (unpaired) electrons. The van der Waals surface area contributed by atoms with Gasteiger partial charge in [-0.25, -0.2) is 0 Å². The molecule has 2 unspecified atom stereocenters. The number of epoxide rings is 1. The van der Waals surface area contributed by atoms with Gasteiger partial charge in [0.25, 0.3) is 0 Å². The molecule has 1 heterocycles. The molecule has 19 heavy (non-hydrogen) atoms. The molecule has 0 spiro atoms. The van der Waals surface area contributed by atoms with Gasteiger partial charge < -0.3 is 22.8 Å². The van der Waals surface area contributed by atoms with Gasteiger partial charge in [-0.15, -0.1) is 0 Å². The summed E-state index contributed by atoms with van der Waals surface area (Å²) < 4.78 is 29.0. The highest BCUT2D eigenvalue weighted by Gasteiger charge is 2.52. The van der Waals surface area contributed by atoms with Crippen LogP contribution in [0.3, 0.4) is 0 Å². The van der Waals surface area contributed by atoms with E-state index in [0.717, 1.165) is 6.61 Å². The maximum Gasteiger partial charge on any atom is 0.531 e. The summed E-state index contributed by atoms with van der Waals surface area (Å²) >= 11 is 0. The van der Waals surface area contributed by atoms with Crippen LogP contribution in [0.2, 0.25) is 0 Å². The first-order valence-corrected chi connectivity index (χ1v) is 9.04. The third-order valence-corrected chi connectivity index (χ3v) is 6.46. The molecular formula is C13H28O5Si. The molecule has 0 aliphatic carbocycles. The van der Waals surface area contributed by atoms with Crippen molar-refractivity contribution in [3.05, 3.63) is 0 Å². The molecule has 1 aliphatic heterocycles. The van der Waals surface area contributed by atoms with E-state index >= 15 is 0 Å². The van der Waals surface area contributed by atoms with Crippen molar-refractivity contribution in [2.24, 2.45) is 5.92 Å². The molecule has 0 aromatic heterocycles. The molecule has 0 bridgehead atoms. The van der Waals surface area contributed by atoms with E-state index in [1.807, 2.05) is 20.8 Å². The van der Waals surface area contributed by atoms with E-state index in [4.69, 9.17) is 22.8 Å². The van der Waals surface area contributed by atoms with Crippen LogP contribution in [-0.2, 0) is 22.8 Å². The van der Waals surface area contributed by atoms with Crippen LogP contribution in [0.15, 0.2) is 0 Å². The molecule has 6 heteroatoms. The van der Waals surface area contributed by atoms with Crippen LogP contribution in [0.5, 0.6) is 0 Å².